The monoisotopic (exact) mass is 295 g/mol. The maximum Gasteiger partial charge on any atom is 0.150 e. The summed E-state index contributed by atoms with van der Waals surface area (Å²) in [6.07, 6.45) is 2.60. The molecule has 1 aromatic heterocycles. The number of hydrogen-bond acceptors (Lipinski definition) is 4. The molecule has 0 aliphatic carbocycles. The van der Waals surface area contributed by atoms with E-state index in [0.29, 0.717) is 24.4 Å². The van der Waals surface area contributed by atoms with E-state index in [1.54, 1.807) is 16.8 Å². The van der Waals surface area contributed by atoms with Gasteiger partial charge in [0, 0.05) is 6.42 Å². The van der Waals surface area contributed by atoms with Gasteiger partial charge < -0.3 is 0 Å². The molecule has 0 unspecified atom stereocenters. The number of aromatic nitrogens is 3. The summed E-state index contributed by atoms with van der Waals surface area (Å²) in [6, 6.07) is 6.09. The second kappa shape index (κ2) is 4.97. The van der Waals surface area contributed by atoms with Gasteiger partial charge in [-0.15, -0.1) is 0 Å². The van der Waals surface area contributed by atoms with Crippen molar-refractivity contribution in [1.82, 2.24) is 14.8 Å². The van der Waals surface area contributed by atoms with E-state index in [1.165, 1.54) is 18.5 Å². The van der Waals surface area contributed by atoms with Crippen molar-refractivity contribution in [2.45, 2.75) is 12.8 Å². The quantitative estimate of drug-likeness (QED) is 0.858. The Bertz CT molecular complexity index is 727. The zero-order valence-electron chi connectivity index (χ0n) is 10.7. The van der Waals surface area contributed by atoms with Crippen LogP contribution in [-0.2, 0) is 16.3 Å². The summed E-state index contributed by atoms with van der Waals surface area (Å²) < 4.78 is 37.8. The predicted octanol–water partition coefficient (Wildman–Crippen LogP) is 1.38. The van der Waals surface area contributed by atoms with Crippen molar-refractivity contribution in [2.75, 3.05) is 11.5 Å². The van der Waals surface area contributed by atoms with Crippen LogP contribution in [0.15, 0.2) is 30.6 Å². The van der Waals surface area contributed by atoms with Crippen molar-refractivity contribution in [3.63, 3.8) is 0 Å². The van der Waals surface area contributed by atoms with Crippen LogP contribution >= 0.6 is 0 Å². The summed E-state index contributed by atoms with van der Waals surface area (Å²) in [7, 11) is -2.90. The van der Waals surface area contributed by atoms with Crippen LogP contribution in [0.25, 0.3) is 5.69 Å². The molecule has 1 atom stereocenters. The van der Waals surface area contributed by atoms with Crippen LogP contribution < -0.4 is 0 Å². The second-order valence-electron chi connectivity index (χ2n) is 5.04. The number of halogens is 1. The third kappa shape index (κ3) is 2.72. The van der Waals surface area contributed by atoms with Crippen molar-refractivity contribution in [1.29, 1.82) is 0 Å². The first kappa shape index (κ1) is 13.2. The standard InChI is InChI=1S/C13H14FN3O2S/c14-11-2-1-3-12(7-11)17-13(15-9-16-17)6-10-4-5-20(18,19)8-10/h1-3,7,9-10H,4-6,8H2/t10-/m0/s1. The van der Waals surface area contributed by atoms with Crippen LogP contribution in [0.4, 0.5) is 4.39 Å². The molecule has 0 saturated carbocycles. The topological polar surface area (TPSA) is 64.8 Å². The maximum atomic E-state index is 13.3. The average Bonchev–Trinajstić information content (AvgIpc) is 2.96. The minimum Gasteiger partial charge on any atom is -0.229 e. The lowest BCUT2D eigenvalue weighted by Gasteiger charge is -2.09. The predicted molar refractivity (Wildman–Crippen MR) is 71.8 cm³/mol. The Balaban J connectivity index is 1.84. The van der Waals surface area contributed by atoms with E-state index in [0.717, 1.165) is 0 Å². The summed E-state index contributed by atoms with van der Waals surface area (Å²) in [5.74, 6) is 0.830. The molecule has 1 aromatic carbocycles. The highest BCUT2D eigenvalue weighted by Gasteiger charge is 2.29. The van der Waals surface area contributed by atoms with E-state index < -0.39 is 9.84 Å². The van der Waals surface area contributed by atoms with Gasteiger partial charge in [-0.2, -0.15) is 5.10 Å². The fourth-order valence-electron chi connectivity index (χ4n) is 2.52. The Morgan fingerprint density at radius 3 is 2.95 bits per heavy atom. The summed E-state index contributed by atoms with van der Waals surface area (Å²) in [6.45, 7) is 0. The fraction of sp³-hybridized carbons (Fsp3) is 0.385. The Morgan fingerprint density at radius 2 is 2.25 bits per heavy atom. The van der Waals surface area contributed by atoms with Gasteiger partial charge in [0.05, 0.1) is 17.2 Å². The molecule has 1 aliphatic heterocycles. The van der Waals surface area contributed by atoms with Crippen LogP contribution in [0.1, 0.15) is 12.2 Å². The highest BCUT2D eigenvalue weighted by Crippen LogP contribution is 2.22. The molecule has 0 spiro atoms. The second-order valence-corrected chi connectivity index (χ2v) is 7.27. The summed E-state index contributed by atoms with van der Waals surface area (Å²) in [4.78, 5) is 4.17. The molecule has 2 heterocycles. The zero-order chi connectivity index (χ0) is 14.2. The van der Waals surface area contributed by atoms with Crippen molar-refractivity contribution >= 4 is 9.84 Å². The molecule has 5 nitrogen and oxygen atoms in total. The molecule has 0 radical (unpaired) electrons. The molecule has 0 bridgehead atoms. The van der Waals surface area contributed by atoms with Gasteiger partial charge in [0.25, 0.3) is 0 Å². The largest absolute Gasteiger partial charge is 0.229 e. The van der Waals surface area contributed by atoms with Gasteiger partial charge in [-0.3, -0.25) is 0 Å². The van der Waals surface area contributed by atoms with E-state index in [9.17, 15) is 12.8 Å². The number of benzene rings is 1. The van der Waals surface area contributed by atoms with Crippen molar-refractivity contribution in [3.05, 3.63) is 42.2 Å². The summed E-state index contributed by atoms with van der Waals surface area (Å²) >= 11 is 0. The average molecular weight is 295 g/mol. The zero-order valence-corrected chi connectivity index (χ0v) is 11.6. The third-order valence-corrected chi connectivity index (χ3v) is 5.31. The molecule has 1 fully saturated rings. The van der Waals surface area contributed by atoms with Gasteiger partial charge in [-0.25, -0.2) is 22.5 Å². The number of rotatable bonds is 3. The molecule has 1 saturated heterocycles. The lowest BCUT2D eigenvalue weighted by Crippen LogP contribution is -2.12. The van der Waals surface area contributed by atoms with E-state index in [4.69, 9.17) is 0 Å². The number of nitrogens with zero attached hydrogens (tertiary/aromatic N) is 3. The molecule has 0 amide bonds. The Hall–Kier alpha value is -1.76. The van der Waals surface area contributed by atoms with Gasteiger partial charge in [0.1, 0.15) is 18.0 Å². The van der Waals surface area contributed by atoms with Crippen molar-refractivity contribution in [3.8, 4) is 5.69 Å². The normalized spacial score (nSPS) is 21.1. The molecular formula is C13H14FN3O2S. The summed E-state index contributed by atoms with van der Waals surface area (Å²) in [5, 5.41) is 4.10. The first-order valence-electron chi connectivity index (χ1n) is 6.39. The first-order valence-corrected chi connectivity index (χ1v) is 8.21. The highest BCUT2D eigenvalue weighted by atomic mass is 32.2. The van der Waals surface area contributed by atoms with Crippen LogP contribution in [0.5, 0.6) is 0 Å². The first-order chi connectivity index (χ1) is 9.53. The number of sulfone groups is 1. The Morgan fingerprint density at radius 1 is 1.40 bits per heavy atom. The SMILES string of the molecule is O=S1(=O)CC[C@@H](Cc2ncnn2-c2cccc(F)c2)C1. The molecule has 3 rings (SSSR count). The lowest BCUT2D eigenvalue weighted by atomic mass is 10.1. The van der Waals surface area contributed by atoms with E-state index in [-0.39, 0.29) is 23.2 Å². The highest BCUT2D eigenvalue weighted by molar-refractivity contribution is 7.91. The van der Waals surface area contributed by atoms with E-state index in [1.807, 2.05) is 0 Å². The molecular weight excluding hydrogens is 281 g/mol. The van der Waals surface area contributed by atoms with Crippen molar-refractivity contribution in [2.24, 2.45) is 5.92 Å². The summed E-state index contributed by atoms with van der Waals surface area (Å²) in [5.41, 5.74) is 0.596. The minimum absolute atomic E-state index is 0.0662. The molecule has 7 heteroatoms. The van der Waals surface area contributed by atoms with E-state index in [2.05, 4.69) is 10.1 Å². The Kier molecular flexibility index (Phi) is 3.29. The third-order valence-electron chi connectivity index (χ3n) is 3.47. The van der Waals surface area contributed by atoms with Crippen molar-refractivity contribution < 1.29 is 12.8 Å². The van der Waals surface area contributed by atoms with Gasteiger partial charge in [-0.05, 0) is 30.5 Å². The van der Waals surface area contributed by atoms with Gasteiger partial charge >= 0.3 is 0 Å². The van der Waals surface area contributed by atoms with Crippen LogP contribution in [0, 0.1) is 11.7 Å². The van der Waals surface area contributed by atoms with Crippen LogP contribution in [-0.4, -0.2) is 34.7 Å². The van der Waals surface area contributed by atoms with Crippen LogP contribution in [0.3, 0.4) is 0 Å². The van der Waals surface area contributed by atoms with E-state index >= 15 is 0 Å². The van der Waals surface area contributed by atoms with Gasteiger partial charge in [0.2, 0.25) is 0 Å². The minimum atomic E-state index is -2.90. The maximum absolute atomic E-state index is 13.3. The molecule has 0 N–H and O–H groups in total. The molecule has 106 valence electrons. The molecule has 20 heavy (non-hydrogen) atoms. The molecule has 1 aliphatic rings. The number of hydrogen-bond donors (Lipinski definition) is 0. The van der Waals surface area contributed by atoms with Gasteiger partial charge in [-0.1, -0.05) is 6.07 Å². The Labute approximate surface area is 116 Å². The van der Waals surface area contributed by atoms with Gasteiger partial charge in [0.15, 0.2) is 9.84 Å². The molecule has 2 aromatic rings. The smallest absolute Gasteiger partial charge is 0.150 e. The van der Waals surface area contributed by atoms with Crippen LogP contribution in [0.2, 0.25) is 0 Å². The lowest BCUT2D eigenvalue weighted by molar-refractivity contribution is 0.559. The fourth-order valence-corrected chi connectivity index (χ4v) is 4.38.